The van der Waals surface area contributed by atoms with Crippen molar-refractivity contribution in [3.05, 3.63) is 30.3 Å². The molecular weight excluding hydrogens is 364 g/mol. The number of ether oxygens (including phenoxy) is 6. The molecule has 2 aliphatic heterocycles. The molecule has 5 atom stereocenters. The maximum Gasteiger partial charge on any atom is 0.358 e. The second kappa shape index (κ2) is 7.45. The molecule has 26 heavy (non-hydrogen) atoms. The molecular formula is C17H20O8S. The number of hydrogen-bond acceptors (Lipinski definition) is 9. The predicted octanol–water partition coefficient (Wildman–Crippen LogP) is 1.15. The lowest BCUT2D eigenvalue weighted by atomic mass is 10.1. The molecule has 0 bridgehead atoms. The average Bonchev–Trinajstić information content (AvgIpc) is 3.06. The van der Waals surface area contributed by atoms with Gasteiger partial charge in [-0.1, -0.05) is 18.2 Å². The molecule has 1 aromatic carbocycles. The van der Waals surface area contributed by atoms with Crippen molar-refractivity contribution in [3.8, 4) is 5.75 Å². The van der Waals surface area contributed by atoms with Gasteiger partial charge in [-0.2, -0.15) is 0 Å². The Hall–Kier alpha value is -1.78. The van der Waals surface area contributed by atoms with Gasteiger partial charge in [-0.25, -0.2) is 4.79 Å². The van der Waals surface area contributed by atoms with Gasteiger partial charge < -0.3 is 33.5 Å². The molecule has 2 saturated heterocycles. The van der Waals surface area contributed by atoms with Gasteiger partial charge in [0.15, 0.2) is 12.1 Å². The van der Waals surface area contributed by atoms with E-state index in [1.54, 1.807) is 38.1 Å². The van der Waals surface area contributed by atoms with E-state index < -0.39 is 42.5 Å². The van der Waals surface area contributed by atoms with E-state index in [9.17, 15) is 9.90 Å². The van der Waals surface area contributed by atoms with Crippen LogP contribution in [-0.4, -0.2) is 59.9 Å². The third-order valence-corrected chi connectivity index (χ3v) is 4.13. The maximum atomic E-state index is 12.1. The zero-order valence-corrected chi connectivity index (χ0v) is 15.3. The minimum atomic E-state index is -1.34. The number of methoxy groups -OCH3 is 1. The van der Waals surface area contributed by atoms with E-state index in [0.29, 0.717) is 5.75 Å². The van der Waals surface area contributed by atoms with Crippen LogP contribution in [0.5, 0.6) is 5.75 Å². The number of benzene rings is 1. The Bertz CT molecular complexity index is 664. The van der Waals surface area contributed by atoms with Crippen LogP contribution in [0, 0.1) is 0 Å². The van der Waals surface area contributed by atoms with Crippen molar-refractivity contribution in [2.75, 3.05) is 7.11 Å². The zero-order chi connectivity index (χ0) is 18.9. The van der Waals surface area contributed by atoms with Gasteiger partial charge in [0.2, 0.25) is 6.10 Å². The topological polar surface area (TPSA) is 92.7 Å². The third kappa shape index (κ3) is 3.97. The predicted molar refractivity (Wildman–Crippen MR) is 91.3 cm³/mol. The first kappa shape index (κ1) is 19.0. The summed E-state index contributed by atoms with van der Waals surface area (Å²) >= 11 is 5.04. The largest absolute Gasteiger partial charge is 0.466 e. The van der Waals surface area contributed by atoms with Crippen LogP contribution in [0.1, 0.15) is 13.8 Å². The van der Waals surface area contributed by atoms with E-state index in [-0.39, 0.29) is 5.24 Å². The summed E-state index contributed by atoms with van der Waals surface area (Å²) < 4.78 is 32.3. The SMILES string of the molecule is COC(=O)[C@@H](OC(=S)Oc1ccccc1)[C@H]1O[C@@H]2OC(C)(C)O[C@@H]2[C@H]1O. The second-order valence-electron chi connectivity index (χ2n) is 6.29. The quantitative estimate of drug-likeness (QED) is 0.606. The molecule has 2 heterocycles. The summed E-state index contributed by atoms with van der Waals surface area (Å²) in [5, 5.41) is 10.2. The molecule has 2 aliphatic rings. The minimum absolute atomic E-state index is 0.304. The zero-order valence-electron chi connectivity index (χ0n) is 14.5. The van der Waals surface area contributed by atoms with E-state index in [0.717, 1.165) is 0 Å². The van der Waals surface area contributed by atoms with Crippen LogP contribution < -0.4 is 4.74 Å². The van der Waals surface area contributed by atoms with Crippen LogP contribution in [0.25, 0.3) is 0 Å². The van der Waals surface area contributed by atoms with Gasteiger partial charge in [0.25, 0.3) is 0 Å². The highest BCUT2D eigenvalue weighted by Crippen LogP contribution is 2.38. The summed E-state index contributed by atoms with van der Waals surface area (Å²) in [7, 11) is 1.19. The standard InChI is InChI=1S/C17H20O8S/c1-17(2)24-12-10(18)11(22-15(12)25-17)13(14(19)20-3)23-16(26)21-9-7-5-4-6-8-9/h4-8,10-13,15,18H,1-3H3/t10-,11-,12+,13-,15+/m0/s1. The van der Waals surface area contributed by atoms with Gasteiger partial charge in [-0.3, -0.25) is 0 Å². The number of para-hydroxylation sites is 1. The number of aliphatic hydroxyl groups is 1. The molecule has 0 unspecified atom stereocenters. The summed E-state index contributed by atoms with van der Waals surface area (Å²) in [6, 6.07) is 8.70. The summed E-state index contributed by atoms with van der Waals surface area (Å²) in [6.07, 6.45) is -5.19. The monoisotopic (exact) mass is 384 g/mol. The van der Waals surface area contributed by atoms with Crippen molar-refractivity contribution < 1.29 is 38.3 Å². The number of carbonyl (C=O) groups excluding carboxylic acids is 1. The van der Waals surface area contributed by atoms with E-state index in [2.05, 4.69) is 0 Å². The summed E-state index contributed by atoms with van der Waals surface area (Å²) in [5.41, 5.74) is 0. The van der Waals surface area contributed by atoms with Gasteiger partial charge >= 0.3 is 11.2 Å². The van der Waals surface area contributed by atoms with Crippen molar-refractivity contribution >= 4 is 23.4 Å². The molecule has 0 amide bonds. The first-order valence-corrected chi connectivity index (χ1v) is 8.42. The molecule has 0 aliphatic carbocycles. The molecule has 0 radical (unpaired) electrons. The number of fused-ring (bicyclic) bond motifs is 1. The molecule has 8 nitrogen and oxygen atoms in total. The Labute approximate surface area is 155 Å². The van der Waals surface area contributed by atoms with E-state index in [1.807, 2.05) is 6.07 Å². The molecule has 2 fully saturated rings. The molecule has 9 heteroatoms. The molecule has 0 spiro atoms. The average molecular weight is 384 g/mol. The Morgan fingerprint density at radius 1 is 1.27 bits per heavy atom. The summed E-state index contributed by atoms with van der Waals surface area (Å²) in [6.45, 7) is 3.40. The molecule has 0 saturated carbocycles. The van der Waals surface area contributed by atoms with Crippen LogP contribution in [-0.2, 0) is 28.5 Å². The Morgan fingerprint density at radius 2 is 1.96 bits per heavy atom. The van der Waals surface area contributed by atoms with Crippen molar-refractivity contribution in [2.24, 2.45) is 0 Å². The van der Waals surface area contributed by atoms with Gasteiger partial charge in [-0.05, 0) is 26.0 Å². The smallest absolute Gasteiger partial charge is 0.358 e. The highest BCUT2D eigenvalue weighted by molar-refractivity contribution is 7.79. The summed E-state index contributed by atoms with van der Waals surface area (Å²) in [4.78, 5) is 12.1. The lowest BCUT2D eigenvalue weighted by molar-refractivity contribution is -0.226. The lowest BCUT2D eigenvalue weighted by Gasteiger charge is -2.27. The normalized spacial score (nSPS) is 30.3. The molecule has 1 N–H and O–H groups in total. The van der Waals surface area contributed by atoms with Crippen molar-refractivity contribution in [1.82, 2.24) is 0 Å². The molecule has 0 aromatic heterocycles. The number of esters is 1. The second-order valence-corrected chi connectivity index (χ2v) is 6.62. The van der Waals surface area contributed by atoms with Gasteiger partial charge in [0.05, 0.1) is 7.11 Å². The maximum absolute atomic E-state index is 12.1. The van der Waals surface area contributed by atoms with Crippen LogP contribution >= 0.6 is 12.2 Å². The molecule has 142 valence electrons. The van der Waals surface area contributed by atoms with Crippen LogP contribution in [0.3, 0.4) is 0 Å². The van der Waals surface area contributed by atoms with Crippen LogP contribution in [0.15, 0.2) is 30.3 Å². The van der Waals surface area contributed by atoms with Crippen molar-refractivity contribution in [1.29, 1.82) is 0 Å². The van der Waals surface area contributed by atoms with Crippen LogP contribution in [0.2, 0.25) is 0 Å². The van der Waals surface area contributed by atoms with Gasteiger partial charge in [0, 0.05) is 12.2 Å². The van der Waals surface area contributed by atoms with Crippen LogP contribution in [0.4, 0.5) is 0 Å². The first-order chi connectivity index (χ1) is 12.3. The number of rotatable bonds is 4. The Morgan fingerprint density at radius 3 is 2.58 bits per heavy atom. The molecule has 3 rings (SSSR count). The number of thiocarbonyl (C=S) groups is 1. The van der Waals surface area contributed by atoms with Gasteiger partial charge in [0.1, 0.15) is 24.1 Å². The van der Waals surface area contributed by atoms with E-state index in [4.69, 9.17) is 40.6 Å². The third-order valence-electron chi connectivity index (χ3n) is 3.95. The Balaban J connectivity index is 1.69. The first-order valence-electron chi connectivity index (χ1n) is 8.01. The number of carbonyl (C=O) groups is 1. The minimum Gasteiger partial charge on any atom is -0.466 e. The molecule has 1 aromatic rings. The van der Waals surface area contributed by atoms with Gasteiger partial charge in [-0.15, -0.1) is 0 Å². The summed E-state index contributed by atoms with van der Waals surface area (Å²) in [5.74, 6) is -1.22. The fourth-order valence-corrected chi connectivity index (χ4v) is 3.04. The fourth-order valence-electron chi connectivity index (χ4n) is 2.84. The van der Waals surface area contributed by atoms with E-state index >= 15 is 0 Å². The van der Waals surface area contributed by atoms with Crippen molar-refractivity contribution in [3.63, 3.8) is 0 Å². The number of hydrogen-bond donors (Lipinski definition) is 1. The highest BCUT2D eigenvalue weighted by Gasteiger charge is 2.58. The Kier molecular flexibility index (Phi) is 5.44. The fraction of sp³-hybridized carbons (Fsp3) is 0.529. The number of aliphatic hydroxyl groups excluding tert-OH is 1. The highest BCUT2D eigenvalue weighted by atomic mass is 32.1. The van der Waals surface area contributed by atoms with E-state index in [1.165, 1.54) is 7.11 Å². The van der Waals surface area contributed by atoms with Crippen molar-refractivity contribution in [2.45, 2.75) is 50.3 Å². The lowest BCUT2D eigenvalue weighted by Crippen LogP contribution is -2.47.